The van der Waals surface area contributed by atoms with E-state index >= 15 is 0 Å². The van der Waals surface area contributed by atoms with E-state index < -0.39 is 11.6 Å². The van der Waals surface area contributed by atoms with E-state index in [1.807, 2.05) is 35.2 Å². The summed E-state index contributed by atoms with van der Waals surface area (Å²) in [5.41, 5.74) is 1.13. The molecule has 7 heteroatoms. The first-order chi connectivity index (χ1) is 17.5. The van der Waals surface area contributed by atoms with Crippen molar-refractivity contribution in [1.29, 1.82) is 0 Å². The van der Waals surface area contributed by atoms with Crippen LogP contribution in [0.5, 0.6) is 0 Å². The molecule has 0 saturated carbocycles. The molecule has 1 N–H and O–H groups in total. The lowest BCUT2D eigenvalue weighted by Crippen LogP contribution is -2.65. The van der Waals surface area contributed by atoms with Gasteiger partial charge in [0.05, 0.1) is 0 Å². The zero-order valence-corrected chi connectivity index (χ0v) is 20.7. The molecule has 0 aliphatic carbocycles. The van der Waals surface area contributed by atoms with Crippen LogP contribution in [0.25, 0.3) is 0 Å². The molecule has 3 aliphatic rings. The predicted molar refractivity (Wildman–Crippen MR) is 134 cm³/mol. The fraction of sp³-hybridized carbons (Fsp3) is 0.517. The highest BCUT2D eigenvalue weighted by Gasteiger charge is 2.49. The second-order valence-electron chi connectivity index (χ2n) is 10.6. The van der Waals surface area contributed by atoms with Crippen LogP contribution in [0.3, 0.4) is 0 Å². The third kappa shape index (κ3) is 5.46. The minimum Gasteiger partial charge on any atom is -0.352 e. The first-order valence-electron chi connectivity index (χ1n) is 13.3. The van der Waals surface area contributed by atoms with Crippen LogP contribution in [0.4, 0.5) is 8.78 Å². The Kier molecular flexibility index (Phi) is 7.65. The van der Waals surface area contributed by atoms with Crippen LogP contribution < -0.4 is 5.32 Å². The molecular formula is C29H35F2N3O2. The maximum Gasteiger partial charge on any atom is 0.254 e. The number of halogens is 2. The van der Waals surface area contributed by atoms with E-state index in [0.29, 0.717) is 50.2 Å². The Hall–Kier alpha value is -2.80. The van der Waals surface area contributed by atoms with Crippen molar-refractivity contribution in [2.24, 2.45) is 11.8 Å². The van der Waals surface area contributed by atoms with Gasteiger partial charge in [-0.3, -0.25) is 14.5 Å². The Balaban J connectivity index is 1.29. The summed E-state index contributed by atoms with van der Waals surface area (Å²) in [7, 11) is 0. The normalized spacial score (nSPS) is 25.8. The van der Waals surface area contributed by atoms with Crippen molar-refractivity contribution in [2.75, 3.05) is 19.6 Å². The monoisotopic (exact) mass is 495 g/mol. The molecular weight excluding hydrogens is 460 g/mol. The number of hydrogen-bond donors (Lipinski definition) is 1. The quantitative estimate of drug-likeness (QED) is 0.602. The predicted octanol–water partition coefficient (Wildman–Crippen LogP) is 4.77. The number of nitrogens with one attached hydrogen (secondary N) is 1. The molecule has 2 aromatic carbocycles. The van der Waals surface area contributed by atoms with E-state index in [1.165, 1.54) is 0 Å². The van der Waals surface area contributed by atoms with E-state index in [1.54, 1.807) is 0 Å². The second kappa shape index (κ2) is 11.1. The molecule has 5 rings (SSSR count). The lowest BCUT2D eigenvalue weighted by atomic mass is 9.69. The molecule has 0 radical (unpaired) electrons. The van der Waals surface area contributed by atoms with E-state index in [9.17, 15) is 18.4 Å². The number of likely N-dealkylation sites (tertiary alicyclic amines) is 1. The van der Waals surface area contributed by atoms with Gasteiger partial charge < -0.3 is 10.2 Å². The van der Waals surface area contributed by atoms with Crippen LogP contribution in [0.1, 0.15) is 60.9 Å². The average Bonchev–Trinajstić information content (AvgIpc) is 2.88. The molecule has 3 fully saturated rings. The van der Waals surface area contributed by atoms with Crippen LogP contribution in [-0.2, 0) is 11.3 Å². The minimum absolute atomic E-state index is 0.000513. The summed E-state index contributed by atoms with van der Waals surface area (Å²) in [6.45, 7) is 3.32. The Labute approximate surface area is 211 Å². The van der Waals surface area contributed by atoms with Gasteiger partial charge in [0.2, 0.25) is 5.91 Å². The van der Waals surface area contributed by atoms with Gasteiger partial charge in [-0.1, -0.05) is 30.3 Å². The van der Waals surface area contributed by atoms with Gasteiger partial charge in [-0.2, -0.15) is 0 Å². The Morgan fingerprint density at radius 1 is 0.972 bits per heavy atom. The second-order valence-corrected chi connectivity index (χ2v) is 10.6. The van der Waals surface area contributed by atoms with Crippen LogP contribution in [0.2, 0.25) is 0 Å². The fourth-order valence-corrected chi connectivity index (χ4v) is 6.80. The molecule has 3 aliphatic heterocycles. The van der Waals surface area contributed by atoms with Crippen LogP contribution in [0.15, 0.2) is 48.5 Å². The van der Waals surface area contributed by atoms with Gasteiger partial charge in [0.1, 0.15) is 11.6 Å². The number of nitrogens with zero attached hydrogens (tertiary/aromatic N) is 2. The number of carbonyl (C=O) groups excluding carboxylic acids is 2. The van der Waals surface area contributed by atoms with Crippen LogP contribution >= 0.6 is 0 Å². The first-order valence-corrected chi connectivity index (χ1v) is 13.3. The van der Waals surface area contributed by atoms with Crippen molar-refractivity contribution in [1.82, 2.24) is 15.1 Å². The molecule has 0 spiro atoms. The summed E-state index contributed by atoms with van der Waals surface area (Å²) in [6.07, 6.45) is 6.11. The van der Waals surface area contributed by atoms with E-state index in [2.05, 4.69) is 10.2 Å². The first kappa shape index (κ1) is 24.9. The lowest BCUT2D eigenvalue weighted by Gasteiger charge is -2.57. The summed E-state index contributed by atoms with van der Waals surface area (Å²) in [4.78, 5) is 30.6. The lowest BCUT2D eigenvalue weighted by molar-refractivity contribution is -0.121. The number of benzene rings is 2. The minimum atomic E-state index is -0.735. The molecule has 2 amide bonds. The Morgan fingerprint density at radius 3 is 2.44 bits per heavy atom. The Morgan fingerprint density at radius 2 is 1.69 bits per heavy atom. The largest absolute Gasteiger partial charge is 0.352 e. The number of rotatable bonds is 7. The maximum absolute atomic E-state index is 13.9. The third-order valence-electron chi connectivity index (χ3n) is 8.28. The molecule has 5 nitrogen and oxygen atoms in total. The van der Waals surface area contributed by atoms with Gasteiger partial charge in [0.15, 0.2) is 0 Å². The summed E-state index contributed by atoms with van der Waals surface area (Å²) < 4.78 is 27.9. The molecule has 0 bridgehead atoms. The molecule has 0 aromatic heterocycles. The van der Waals surface area contributed by atoms with Crippen LogP contribution in [-0.4, -0.2) is 53.3 Å². The van der Waals surface area contributed by atoms with E-state index in [-0.39, 0.29) is 23.4 Å². The summed E-state index contributed by atoms with van der Waals surface area (Å²) in [5, 5.41) is 2.99. The van der Waals surface area contributed by atoms with Gasteiger partial charge in [-0.05, 0) is 81.1 Å². The van der Waals surface area contributed by atoms with Gasteiger partial charge >= 0.3 is 0 Å². The molecule has 36 heavy (non-hydrogen) atoms. The zero-order chi connectivity index (χ0) is 25.1. The smallest absolute Gasteiger partial charge is 0.254 e. The Bertz CT molecular complexity index is 1060. The van der Waals surface area contributed by atoms with Crippen molar-refractivity contribution in [3.8, 4) is 0 Å². The zero-order valence-electron chi connectivity index (χ0n) is 20.7. The molecule has 4 atom stereocenters. The average molecular weight is 496 g/mol. The van der Waals surface area contributed by atoms with E-state index in [0.717, 1.165) is 62.5 Å². The molecule has 2 aromatic rings. The van der Waals surface area contributed by atoms with Gasteiger partial charge in [0.25, 0.3) is 5.91 Å². The van der Waals surface area contributed by atoms with Crippen molar-refractivity contribution in [2.45, 2.75) is 63.6 Å². The fourth-order valence-electron chi connectivity index (χ4n) is 6.80. The summed E-state index contributed by atoms with van der Waals surface area (Å²) >= 11 is 0. The number of amides is 2. The molecule has 3 saturated heterocycles. The topological polar surface area (TPSA) is 52.7 Å². The van der Waals surface area contributed by atoms with Gasteiger partial charge in [-0.15, -0.1) is 0 Å². The van der Waals surface area contributed by atoms with Crippen molar-refractivity contribution < 1.29 is 18.4 Å². The van der Waals surface area contributed by atoms with Crippen molar-refractivity contribution in [3.05, 3.63) is 71.3 Å². The number of carbonyl (C=O) groups is 2. The number of piperidine rings is 3. The SMILES string of the molecule is O=C(CCC[C@@H]1[C@H]2CCCN3CCC[C@@H](CN1C(=O)c1cc(F)cc(F)c1)[C@@H]23)NCc1ccccc1. The standard InChI is InChI=1S/C29H35F2N3O2/c30-23-15-22(16-24(31)17-23)29(36)34-19-21-9-5-13-33-14-6-10-25(28(21)33)26(34)11-4-12-27(35)32-18-20-7-2-1-3-8-20/h1-3,7-8,15-17,21,25-26,28H,4-6,9-14,18-19H2,(H,32,35)/t21-,25+,26+,28-/m0/s1. The van der Waals surface area contributed by atoms with Crippen LogP contribution in [0, 0.1) is 23.5 Å². The number of hydrogen-bond acceptors (Lipinski definition) is 3. The summed E-state index contributed by atoms with van der Waals surface area (Å²) in [5.74, 6) is -1.05. The van der Waals surface area contributed by atoms with Crippen molar-refractivity contribution >= 4 is 11.8 Å². The summed E-state index contributed by atoms with van der Waals surface area (Å²) in [6, 6.07) is 13.3. The highest BCUT2D eigenvalue weighted by molar-refractivity contribution is 5.94. The van der Waals surface area contributed by atoms with E-state index in [4.69, 9.17) is 0 Å². The van der Waals surface area contributed by atoms with Gasteiger partial charge in [-0.25, -0.2) is 8.78 Å². The maximum atomic E-state index is 13.9. The molecule has 3 heterocycles. The van der Waals surface area contributed by atoms with Gasteiger partial charge in [0, 0.05) is 43.2 Å². The molecule has 0 unspecified atom stereocenters. The van der Waals surface area contributed by atoms with Crippen molar-refractivity contribution in [3.63, 3.8) is 0 Å². The molecule has 192 valence electrons. The highest BCUT2D eigenvalue weighted by atomic mass is 19.1. The third-order valence-corrected chi connectivity index (χ3v) is 8.28. The highest BCUT2D eigenvalue weighted by Crippen LogP contribution is 2.43.